The summed E-state index contributed by atoms with van der Waals surface area (Å²) in [7, 11) is 0. The van der Waals surface area contributed by atoms with Gasteiger partial charge in [0.2, 0.25) is 0 Å². The first kappa shape index (κ1) is 10.7. The summed E-state index contributed by atoms with van der Waals surface area (Å²) >= 11 is 1.70. The molecular formula is C11H18OS. The van der Waals surface area contributed by atoms with E-state index in [0.29, 0.717) is 0 Å². The summed E-state index contributed by atoms with van der Waals surface area (Å²) in [5.41, 5.74) is 0. The van der Waals surface area contributed by atoms with Crippen molar-refractivity contribution in [2.75, 3.05) is 0 Å². The van der Waals surface area contributed by atoms with E-state index >= 15 is 0 Å². The third-order valence-electron chi connectivity index (χ3n) is 2.17. The molecule has 0 bridgehead atoms. The lowest BCUT2D eigenvalue weighted by Gasteiger charge is -2.06. The molecule has 0 aromatic carbocycles. The van der Waals surface area contributed by atoms with E-state index in [1.807, 2.05) is 6.07 Å². The average molecular weight is 198 g/mol. The first-order valence-corrected chi connectivity index (χ1v) is 5.80. The number of aliphatic hydroxyl groups excluding tert-OH is 1. The van der Waals surface area contributed by atoms with Gasteiger partial charge in [0.25, 0.3) is 0 Å². The highest BCUT2D eigenvalue weighted by Gasteiger charge is 2.08. The van der Waals surface area contributed by atoms with E-state index in [1.54, 1.807) is 11.3 Å². The second-order valence-corrected chi connectivity index (χ2v) is 4.78. The monoisotopic (exact) mass is 198 g/mol. The summed E-state index contributed by atoms with van der Waals surface area (Å²) < 4.78 is 0. The molecule has 0 amide bonds. The molecule has 13 heavy (non-hydrogen) atoms. The fourth-order valence-electron chi connectivity index (χ4n) is 1.36. The van der Waals surface area contributed by atoms with Crippen LogP contribution in [0, 0.1) is 6.92 Å². The summed E-state index contributed by atoms with van der Waals surface area (Å²) in [6, 6.07) is 4.11. The van der Waals surface area contributed by atoms with Crippen LogP contribution in [0.3, 0.4) is 0 Å². The molecule has 1 rings (SSSR count). The van der Waals surface area contributed by atoms with Crippen LogP contribution in [0.2, 0.25) is 0 Å². The first-order valence-electron chi connectivity index (χ1n) is 4.98. The number of unbranched alkanes of at least 4 members (excludes halogenated alkanes) is 2. The van der Waals surface area contributed by atoms with Crippen LogP contribution in [0.25, 0.3) is 0 Å². The van der Waals surface area contributed by atoms with E-state index in [-0.39, 0.29) is 6.10 Å². The number of hydrogen-bond donors (Lipinski definition) is 1. The smallest absolute Gasteiger partial charge is 0.0882 e. The van der Waals surface area contributed by atoms with E-state index in [1.165, 1.54) is 17.7 Å². The fourth-order valence-corrected chi connectivity index (χ4v) is 2.26. The summed E-state index contributed by atoms with van der Waals surface area (Å²) in [6.07, 6.45) is 4.25. The molecule has 1 heterocycles. The van der Waals surface area contributed by atoms with Crippen LogP contribution in [0.5, 0.6) is 0 Å². The van der Waals surface area contributed by atoms with E-state index in [0.717, 1.165) is 17.7 Å². The summed E-state index contributed by atoms with van der Waals surface area (Å²) in [5, 5.41) is 9.77. The Hall–Kier alpha value is -0.340. The second-order valence-electron chi connectivity index (χ2n) is 3.46. The quantitative estimate of drug-likeness (QED) is 0.716. The predicted molar refractivity (Wildman–Crippen MR) is 58.2 cm³/mol. The Kier molecular flexibility index (Phi) is 4.46. The first-order chi connectivity index (χ1) is 6.24. The molecule has 2 heteroatoms. The van der Waals surface area contributed by atoms with Gasteiger partial charge in [0.15, 0.2) is 0 Å². The van der Waals surface area contributed by atoms with Gasteiger partial charge in [-0.05, 0) is 25.5 Å². The Bertz CT molecular complexity index is 242. The van der Waals surface area contributed by atoms with Crippen LogP contribution in [-0.2, 0) is 0 Å². The van der Waals surface area contributed by atoms with Gasteiger partial charge in [0, 0.05) is 9.75 Å². The maximum atomic E-state index is 9.77. The van der Waals surface area contributed by atoms with Crippen molar-refractivity contribution < 1.29 is 5.11 Å². The summed E-state index contributed by atoms with van der Waals surface area (Å²) in [5.74, 6) is 0. The van der Waals surface area contributed by atoms with Crippen molar-refractivity contribution in [2.45, 2.75) is 45.6 Å². The Morgan fingerprint density at radius 3 is 2.69 bits per heavy atom. The molecule has 1 N–H and O–H groups in total. The van der Waals surface area contributed by atoms with E-state index in [2.05, 4.69) is 19.9 Å². The molecule has 1 aromatic heterocycles. The number of aliphatic hydroxyl groups is 1. The maximum Gasteiger partial charge on any atom is 0.0882 e. The lowest BCUT2D eigenvalue weighted by Crippen LogP contribution is -1.93. The van der Waals surface area contributed by atoms with Crippen LogP contribution in [0.1, 0.15) is 48.5 Å². The van der Waals surface area contributed by atoms with E-state index in [4.69, 9.17) is 0 Å². The zero-order valence-corrected chi connectivity index (χ0v) is 9.23. The highest BCUT2D eigenvalue weighted by atomic mass is 32.1. The van der Waals surface area contributed by atoms with Crippen molar-refractivity contribution in [1.29, 1.82) is 0 Å². The lowest BCUT2D eigenvalue weighted by atomic mass is 10.1. The highest BCUT2D eigenvalue weighted by Crippen LogP contribution is 2.26. The van der Waals surface area contributed by atoms with Crippen LogP contribution in [0.15, 0.2) is 12.1 Å². The van der Waals surface area contributed by atoms with E-state index in [9.17, 15) is 5.11 Å². The van der Waals surface area contributed by atoms with Crippen molar-refractivity contribution in [1.82, 2.24) is 0 Å². The van der Waals surface area contributed by atoms with Gasteiger partial charge in [-0.2, -0.15) is 0 Å². The molecule has 74 valence electrons. The molecule has 1 atom stereocenters. The van der Waals surface area contributed by atoms with Crippen molar-refractivity contribution in [3.63, 3.8) is 0 Å². The summed E-state index contributed by atoms with van der Waals surface area (Å²) in [4.78, 5) is 2.40. The zero-order valence-electron chi connectivity index (χ0n) is 8.42. The predicted octanol–water partition coefficient (Wildman–Crippen LogP) is 3.67. The van der Waals surface area contributed by atoms with Gasteiger partial charge in [-0.15, -0.1) is 11.3 Å². The van der Waals surface area contributed by atoms with Gasteiger partial charge >= 0.3 is 0 Å². The minimum absolute atomic E-state index is 0.231. The molecule has 0 saturated heterocycles. The molecule has 1 unspecified atom stereocenters. The molecule has 1 nitrogen and oxygen atoms in total. The highest BCUT2D eigenvalue weighted by molar-refractivity contribution is 7.11. The molecule has 0 saturated carbocycles. The number of aryl methyl sites for hydroxylation is 1. The molecule has 0 fully saturated rings. The molecular weight excluding hydrogens is 180 g/mol. The molecule has 0 aliphatic rings. The zero-order chi connectivity index (χ0) is 9.68. The number of hydrogen-bond acceptors (Lipinski definition) is 2. The molecule has 0 spiro atoms. The van der Waals surface area contributed by atoms with Gasteiger partial charge < -0.3 is 5.11 Å². The number of thiophene rings is 1. The standard InChI is InChI=1S/C11H18OS/c1-3-4-5-6-10(12)11-8-7-9(2)13-11/h7-8,10,12H,3-6H2,1-2H3. The lowest BCUT2D eigenvalue weighted by molar-refractivity contribution is 0.167. The largest absolute Gasteiger partial charge is 0.388 e. The van der Waals surface area contributed by atoms with Gasteiger partial charge in [0.05, 0.1) is 6.10 Å². The van der Waals surface area contributed by atoms with Crippen LogP contribution in [0.4, 0.5) is 0 Å². The fraction of sp³-hybridized carbons (Fsp3) is 0.636. The van der Waals surface area contributed by atoms with Crippen molar-refractivity contribution >= 4 is 11.3 Å². The van der Waals surface area contributed by atoms with Gasteiger partial charge in [-0.1, -0.05) is 26.2 Å². The third kappa shape index (κ3) is 3.49. The van der Waals surface area contributed by atoms with Crippen molar-refractivity contribution in [3.05, 3.63) is 21.9 Å². The van der Waals surface area contributed by atoms with Crippen LogP contribution >= 0.6 is 11.3 Å². The minimum atomic E-state index is -0.231. The van der Waals surface area contributed by atoms with Gasteiger partial charge in [-0.3, -0.25) is 0 Å². The minimum Gasteiger partial charge on any atom is -0.388 e. The van der Waals surface area contributed by atoms with Gasteiger partial charge in [0.1, 0.15) is 0 Å². The third-order valence-corrected chi connectivity index (χ3v) is 3.27. The van der Waals surface area contributed by atoms with Crippen LogP contribution in [-0.4, -0.2) is 5.11 Å². The Labute approximate surface area is 84.4 Å². The molecule has 0 aliphatic heterocycles. The summed E-state index contributed by atoms with van der Waals surface area (Å²) in [6.45, 7) is 4.26. The van der Waals surface area contributed by atoms with Crippen LogP contribution < -0.4 is 0 Å². The molecule has 1 aromatic rings. The number of rotatable bonds is 5. The SMILES string of the molecule is CCCCCC(O)c1ccc(C)s1. The Morgan fingerprint density at radius 2 is 2.15 bits per heavy atom. The second kappa shape index (κ2) is 5.40. The average Bonchev–Trinajstić information content (AvgIpc) is 2.52. The molecule has 0 radical (unpaired) electrons. The normalized spacial score (nSPS) is 13.2. The van der Waals surface area contributed by atoms with Crippen molar-refractivity contribution in [2.24, 2.45) is 0 Å². The van der Waals surface area contributed by atoms with Gasteiger partial charge in [-0.25, -0.2) is 0 Å². The van der Waals surface area contributed by atoms with Crippen molar-refractivity contribution in [3.8, 4) is 0 Å². The topological polar surface area (TPSA) is 20.2 Å². The van der Waals surface area contributed by atoms with E-state index < -0.39 is 0 Å². The maximum absolute atomic E-state index is 9.77. The Morgan fingerprint density at radius 1 is 1.38 bits per heavy atom. The molecule has 0 aliphatic carbocycles. The Balaban J connectivity index is 2.35.